The van der Waals surface area contributed by atoms with E-state index in [4.69, 9.17) is 0 Å². The lowest BCUT2D eigenvalue weighted by Gasteiger charge is -2.22. The second-order valence-electron chi connectivity index (χ2n) is 8.13. The Morgan fingerprint density at radius 2 is 1.92 bits per heavy atom. The normalized spacial score (nSPS) is 13.7. The summed E-state index contributed by atoms with van der Waals surface area (Å²) in [5.41, 5.74) is 5.51. The van der Waals surface area contributed by atoms with Crippen molar-refractivity contribution < 1.29 is 4.79 Å². The highest BCUT2D eigenvalue weighted by molar-refractivity contribution is 5.93. The number of hydrogen-bond acceptors (Lipinski definition) is 3. The third-order valence-corrected chi connectivity index (χ3v) is 4.51. The molecule has 1 N–H and O–H groups in total. The topological polar surface area (TPSA) is 45.2 Å². The third-order valence-electron chi connectivity index (χ3n) is 4.51. The Morgan fingerprint density at radius 3 is 2.56 bits per heavy atom. The average molecular weight is 337 g/mol. The van der Waals surface area contributed by atoms with Gasteiger partial charge in [0.1, 0.15) is 5.82 Å². The van der Waals surface area contributed by atoms with Crippen LogP contribution in [0.25, 0.3) is 0 Å². The van der Waals surface area contributed by atoms with E-state index >= 15 is 0 Å². The van der Waals surface area contributed by atoms with Crippen LogP contribution in [0.15, 0.2) is 30.5 Å². The van der Waals surface area contributed by atoms with Gasteiger partial charge in [-0.2, -0.15) is 0 Å². The van der Waals surface area contributed by atoms with Crippen molar-refractivity contribution in [2.24, 2.45) is 5.41 Å². The number of benzene rings is 1. The van der Waals surface area contributed by atoms with Crippen LogP contribution < -0.4 is 10.2 Å². The number of carbonyl (C=O) groups excluding carboxylic acids is 1. The van der Waals surface area contributed by atoms with Gasteiger partial charge in [-0.1, -0.05) is 26.8 Å². The Kier molecular flexibility index (Phi) is 4.55. The number of hydrogen-bond donors (Lipinski definition) is 1. The molecule has 0 saturated heterocycles. The van der Waals surface area contributed by atoms with Crippen LogP contribution in [0.5, 0.6) is 0 Å². The van der Waals surface area contributed by atoms with E-state index in [1.54, 1.807) is 0 Å². The number of aryl methyl sites for hydroxylation is 2. The smallest absolute Gasteiger partial charge is 0.224 e. The Hall–Kier alpha value is -2.36. The van der Waals surface area contributed by atoms with Crippen molar-refractivity contribution >= 4 is 23.1 Å². The highest BCUT2D eigenvalue weighted by Gasteiger charge is 2.23. The van der Waals surface area contributed by atoms with Crippen molar-refractivity contribution in [1.82, 2.24) is 4.98 Å². The van der Waals surface area contributed by atoms with Gasteiger partial charge in [0.05, 0.1) is 0 Å². The molecular weight excluding hydrogens is 310 g/mol. The maximum absolute atomic E-state index is 12.3. The number of aromatic nitrogens is 1. The molecule has 1 amide bonds. The zero-order valence-electron chi connectivity index (χ0n) is 15.8. The van der Waals surface area contributed by atoms with Crippen LogP contribution in [-0.2, 0) is 11.2 Å². The molecule has 0 aliphatic carbocycles. The molecule has 3 rings (SSSR count). The Morgan fingerprint density at radius 1 is 1.24 bits per heavy atom. The average Bonchev–Trinajstić information content (AvgIpc) is 2.93. The monoisotopic (exact) mass is 337 g/mol. The van der Waals surface area contributed by atoms with Crippen LogP contribution in [0, 0.1) is 19.3 Å². The SMILES string of the molecule is Cc1cc(N2CCc3cccnc32)cc(C)c1NC(=O)CC(C)(C)C. The minimum Gasteiger partial charge on any atom is -0.326 e. The summed E-state index contributed by atoms with van der Waals surface area (Å²) in [7, 11) is 0. The van der Waals surface area contributed by atoms with Crippen LogP contribution in [0.1, 0.15) is 43.9 Å². The van der Waals surface area contributed by atoms with Gasteiger partial charge in [0.25, 0.3) is 0 Å². The van der Waals surface area contributed by atoms with Crippen LogP contribution in [0.4, 0.5) is 17.2 Å². The lowest BCUT2D eigenvalue weighted by Crippen LogP contribution is -2.21. The molecule has 1 aromatic carbocycles. The number of pyridine rings is 1. The zero-order chi connectivity index (χ0) is 18.2. The molecule has 0 bridgehead atoms. The van der Waals surface area contributed by atoms with Gasteiger partial charge in [0.2, 0.25) is 5.91 Å². The molecule has 0 saturated carbocycles. The molecule has 4 nitrogen and oxygen atoms in total. The van der Waals surface area contributed by atoms with Crippen LogP contribution in [-0.4, -0.2) is 17.4 Å². The van der Waals surface area contributed by atoms with Crippen LogP contribution in [0.2, 0.25) is 0 Å². The van der Waals surface area contributed by atoms with Gasteiger partial charge in [0.15, 0.2) is 0 Å². The number of carbonyl (C=O) groups is 1. The summed E-state index contributed by atoms with van der Waals surface area (Å²) < 4.78 is 0. The van der Waals surface area contributed by atoms with Gasteiger partial charge in [-0.3, -0.25) is 4.79 Å². The van der Waals surface area contributed by atoms with Gasteiger partial charge in [-0.05, 0) is 60.6 Å². The predicted molar refractivity (Wildman–Crippen MR) is 104 cm³/mol. The van der Waals surface area contributed by atoms with Crippen molar-refractivity contribution in [3.05, 3.63) is 47.2 Å². The van der Waals surface area contributed by atoms with Gasteiger partial charge in [-0.15, -0.1) is 0 Å². The second kappa shape index (κ2) is 6.51. The highest BCUT2D eigenvalue weighted by Crippen LogP contribution is 2.35. The lowest BCUT2D eigenvalue weighted by atomic mass is 9.92. The number of fused-ring (bicyclic) bond motifs is 1. The minimum atomic E-state index is -0.0171. The van der Waals surface area contributed by atoms with Crippen molar-refractivity contribution in [2.45, 2.75) is 47.5 Å². The predicted octanol–water partition coefficient (Wildman–Crippen LogP) is 4.77. The van der Waals surface area contributed by atoms with Crippen LogP contribution in [0.3, 0.4) is 0 Å². The van der Waals surface area contributed by atoms with E-state index in [1.165, 1.54) is 5.56 Å². The largest absolute Gasteiger partial charge is 0.326 e. The van der Waals surface area contributed by atoms with Gasteiger partial charge < -0.3 is 10.2 Å². The maximum atomic E-state index is 12.3. The fourth-order valence-corrected chi connectivity index (χ4v) is 3.42. The molecule has 0 unspecified atom stereocenters. The van der Waals surface area contributed by atoms with E-state index in [0.717, 1.165) is 41.3 Å². The first-order valence-electron chi connectivity index (χ1n) is 8.87. The lowest BCUT2D eigenvalue weighted by molar-refractivity contribution is -0.117. The Bertz CT molecular complexity index is 782. The van der Waals surface area contributed by atoms with Gasteiger partial charge in [-0.25, -0.2) is 4.98 Å². The first-order chi connectivity index (χ1) is 11.7. The summed E-state index contributed by atoms with van der Waals surface area (Å²) in [6, 6.07) is 8.42. The summed E-state index contributed by atoms with van der Waals surface area (Å²) in [6.45, 7) is 11.3. The molecule has 4 heteroatoms. The molecule has 1 aromatic heterocycles. The number of nitrogens with one attached hydrogen (secondary N) is 1. The third kappa shape index (κ3) is 3.84. The Labute approximate surface area is 150 Å². The van der Waals surface area contributed by atoms with Crippen molar-refractivity contribution in [3.8, 4) is 0 Å². The molecule has 0 radical (unpaired) electrons. The van der Waals surface area contributed by atoms with Crippen molar-refractivity contribution in [2.75, 3.05) is 16.8 Å². The standard InChI is InChI=1S/C21H27N3O/c1-14-11-17(24-10-8-16-7-6-9-22-20(16)24)12-15(2)19(14)23-18(25)13-21(3,4)5/h6-7,9,11-12H,8,10,13H2,1-5H3,(H,23,25). The van der Waals surface area contributed by atoms with E-state index in [1.807, 2.05) is 12.3 Å². The minimum absolute atomic E-state index is 0.0171. The summed E-state index contributed by atoms with van der Waals surface area (Å²) in [6.07, 6.45) is 3.38. The van der Waals surface area contributed by atoms with Gasteiger partial charge in [0, 0.05) is 30.5 Å². The molecule has 25 heavy (non-hydrogen) atoms. The molecule has 2 heterocycles. The molecular formula is C21H27N3O. The van der Waals surface area contributed by atoms with E-state index < -0.39 is 0 Å². The summed E-state index contributed by atoms with van der Waals surface area (Å²) in [5, 5.41) is 3.10. The molecule has 0 fully saturated rings. The van der Waals surface area contributed by atoms with Gasteiger partial charge >= 0.3 is 0 Å². The van der Waals surface area contributed by atoms with E-state index in [-0.39, 0.29) is 11.3 Å². The molecule has 2 aromatic rings. The van der Waals surface area contributed by atoms with Crippen LogP contribution >= 0.6 is 0 Å². The first-order valence-corrected chi connectivity index (χ1v) is 8.87. The van der Waals surface area contributed by atoms with Crippen molar-refractivity contribution in [3.63, 3.8) is 0 Å². The molecule has 1 aliphatic heterocycles. The summed E-state index contributed by atoms with van der Waals surface area (Å²) in [4.78, 5) is 19.1. The molecule has 132 valence electrons. The number of anilines is 3. The summed E-state index contributed by atoms with van der Waals surface area (Å²) >= 11 is 0. The summed E-state index contributed by atoms with van der Waals surface area (Å²) in [5.74, 6) is 1.12. The fraction of sp³-hybridized carbons (Fsp3) is 0.429. The van der Waals surface area contributed by atoms with E-state index in [0.29, 0.717) is 6.42 Å². The zero-order valence-corrected chi connectivity index (χ0v) is 15.8. The highest BCUT2D eigenvalue weighted by atomic mass is 16.1. The number of nitrogens with zero attached hydrogens (tertiary/aromatic N) is 2. The molecule has 1 aliphatic rings. The number of amides is 1. The molecule has 0 atom stereocenters. The fourth-order valence-electron chi connectivity index (χ4n) is 3.42. The molecule has 0 spiro atoms. The maximum Gasteiger partial charge on any atom is 0.224 e. The number of rotatable bonds is 3. The second-order valence-corrected chi connectivity index (χ2v) is 8.13. The van der Waals surface area contributed by atoms with E-state index in [2.05, 4.69) is 68.0 Å². The first kappa shape index (κ1) is 17.5. The quantitative estimate of drug-likeness (QED) is 0.877. The van der Waals surface area contributed by atoms with E-state index in [9.17, 15) is 4.79 Å². The Balaban J connectivity index is 1.85. The van der Waals surface area contributed by atoms with Crippen molar-refractivity contribution in [1.29, 1.82) is 0 Å².